The maximum atomic E-state index is 6.29. The maximum Gasteiger partial charge on any atom is 0.0529 e. The van der Waals surface area contributed by atoms with E-state index in [1.807, 2.05) is 6.92 Å². The molecule has 1 N–H and O–H groups in total. The normalized spacial score (nSPS) is 23.7. The second kappa shape index (κ2) is 6.47. The third-order valence-electron chi connectivity index (χ3n) is 3.83. The summed E-state index contributed by atoms with van der Waals surface area (Å²) in [5.41, 5.74) is 2.33. The predicted octanol–water partition coefficient (Wildman–Crippen LogP) is 4.38. The van der Waals surface area contributed by atoms with Crippen molar-refractivity contribution in [2.75, 3.05) is 18.0 Å². The molecule has 2 atom stereocenters. The van der Waals surface area contributed by atoms with Gasteiger partial charge in [-0.3, -0.25) is 0 Å². The highest BCUT2D eigenvalue weighted by molar-refractivity contribution is 9.10. The summed E-state index contributed by atoms with van der Waals surface area (Å²) in [7, 11) is 0. The van der Waals surface area contributed by atoms with Crippen molar-refractivity contribution in [2.45, 2.75) is 45.7 Å². The number of piperazine rings is 1. The van der Waals surface area contributed by atoms with Crippen LogP contribution in [0.25, 0.3) is 0 Å². The summed E-state index contributed by atoms with van der Waals surface area (Å²) in [6, 6.07) is 5.27. The van der Waals surface area contributed by atoms with Crippen LogP contribution in [0.4, 0.5) is 5.69 Å². The first-order valence-corrected chi connectivity index (χ1v) is 8.15. The highest BCUT2D eigenvalue weighted by atomic mass is 79.9. The Hall–Kier alpha value is -0.250. The summed E-state index contributed by atoms with van der Waals surface area (Å²) in [5, 5.41) is 4.47. The van der Waals surface area contributed by atoms with Gasteiger partial charge in [0, 0.05) is 34.7 Å². The molecule has 1 aliphatic rings. The molecule has 1 aromatic carbocycles. The van der Waals surface area contributed by atoms with Gasteiger partial charge < -0.3 is 10.2 Å². The number of hydrogen-bond acceptors (Lipinski definition) is 2. The Morgan fingerprint density at radius 3 is 2.89 bits per heavy atom. The van der Waals surface area contributed by atoms with Crippen LogP contribution in [0.5, 0.6) is 0 Å². The van der Waals surface area contributed by atoms with Crippen molar-refractivity contribution in [3.05, 3.63) is 27.2 Å². The lowest BCUT2D eigenvalue weighted by molar-refractivity contribution is 0.386. The molecular formula is C15H22BrClN2. The van der Waals surface area contributed by atoms with E-state index < -0.39 is 0 Å². The molecule has 1 fully saturated rings. The van der Waals surface area contributed by atoms with Crippen LogP contribution in [-0.4, -0.2) is 25.2 Å². The Bertz CT molecular complexity index is 450. The van der Waals surface area contributed by atoms with Gasteiger partial charge in [-0.05, 0) is 53.9 Å². The van der Waals surface area contributed by atoms with Crippen LogP contribution in [0.3, 0.4) is 0 Å². The topological polar surface area (TPSA) is 15.3 Å². The van der Waals surface area contributed by atoms with Gasteiger partial charge in [-0.15, -0.1) is 0 Å². The van der Waals surface area contributed by atoms with Gasteiger partial charge in [0.25, 0.3) is 0 Å². The summed E-state index contributed by atoms with van der Waals surface area (Å²) < 4.78 is 1.14. The molecule has 0 spiro atoms. The van der Waals surface area contributed by atoms with Crippen LogP contribution in [0.1, 0.15) is 32.3 Å². The largest absolute Gasteiger partial charge is 0.365 e. The molecule has 0 aliphatic carbocycles. The van der Waals surface area contributed by atoms with Gasteiger partial charge in [0.2, 0.25) is 0 Å². The zero-order chi connectivity index (χ0) is 14.0. The van der Waals surface area contributed by atoms with Gasteiger partial charge >= 0.3 is 0 Å². The average Bonchev–Trinajstić information content (AvgIpc) is 2.37. The molecule has 19 heavy (non-hydrogen) atoms. The van der Waals surface area contributed by atoms with Crippen molar-refractivity contribution in [1.82, 2.24) is 5.32 Å². The summed E-state index contributed by atoms with van der Waals surface area (Å²) >= 11 is 9.97. The van der Waals surface area contributed by atoms with E-state index in [1.165, 1.54) is 18.5 Å². The zero-order valence-corrected chi connectivity index (χ0v) is 14.2. The maximum absolute atomic E-state index is 6.29. The number of halogens is 2. The second-order valence-corrected chi connectivity index (χ2v) is 6.71. The molecule has 1 saturated heterocycles. The number of anilines is 1. The van der Waals surface area contributed by atoms with E-state index in [9.17, 15) is 0 Å². The molecule has 1 aromatic rings. The van der Waals surface area contributed by atoms with Gasteiger partial charge in [0.05, 0.1) is 5.69 Å². The van der Waals surface area contributed by atoms with Crippen molar-refractivity contribution in [3.63, 3.8) is 0 Å². The monoisotopic (exact) mass is 344 g/mol. The molecule has 106 valence electrons. The third-order valence-corrected chi connectivity index (χ3v) is 4.87. The van der Waals surface area contributed by atoms with E-state index in [2.05, 4.69) is 52.1 Å². The van der Waals surface area contributed by atoms with E-state index in [0.717, 1.165) is 28.1 Å². The highest BCUT2D eigenvalue weighted by Gasteiger charge is 2.26. The Kier molecular flexibility index (Phi) is 5.15. The number of hydrogen-bond donors (Lipinski definition) is 1. The smallest absolute Gasteiger partial charge is 0.0529 e. The first-order valence-electron chi connectivity index (χ1n) is 6.98. The molecule has 1 heterocycles. The fourth-order valence-corrected chi connectivity index (χ4v) is 3.51. The predicted molar refractivity (Wildman–Crippen MR) is 87.4 cm³/mol. The lowest BCUT2D eigenvalue weighted by Crippen LogP contribution is -2.55. The lowest BCUT2D eigenvalue weighted by atomic mass is 10.0. The summed E-state index contributed by atoms with van der Waals surface area (Å²) in [6.45, 7) is 8.62. The molecule has 4 heteroatoms. The van der Waals surface area contributed by atoms with Crippen LogP contribution >= 0.6 is 27.5 Å². The quantitative estimate of drug-likeness (QED) is 0.874. The lowest BCUT2D eigenvalue weighted by Gasteiger charge is -2.41. The standard InChI is InChI=1S/C15H22BrClN2/c1-4-5-12-9-19(11(3)8-18-12)15-7-14(17)10(2)6-13(15)16/h6-7,11-12,18H,4-5,8-9H2,1-3H3. The van der Waals surface area contributed by atoms with Crippen LogP contribution in [0, 0.1) is 6.92 Å². The fourth-order valence-electron chi connectivity index (χ4n) is 2.66. The van der Waals surface area contributed by atoms with E-state index in [4.69, 9.17) is 11.6 Å². The number of nitrogens with zero attached hydrogens (tertiary/aromatic N) is 1. The van der Waals surface area contributed by atoms with Crippen molar-refractivity contribution in [1.29, 1.82) is 0 Å². The number of rotatable bonds is 3. The Balaban J connectivity index is 2.25. The zero-order valence-electron chi connectivity index (χ0n) is 11.8. The molecule has 0 amide bonds. The molecule has 2 rings (SSSR count). The Morgan fingerprint density at radius 2 is 2.21 bits per heavy atom. The minimum atomic E-state index is 0.489. The fraction of sp³-hybridized carbons (Fsp3) is 0.600. The molecule has 0 radical (unpaired) electrons. The first-order chi connectivity index (χ1) is 9.02. The van der Waals surface area contributed by atoms with Crippen LogP contribution in [0.15, 0.2) is 16.6 Å². The Morgan fingerprint density at radius 1 is 1.47 bits per heavy atom. The van der Waals surface area contributed by atoms with Gasteiger partial charge in [-0.1, -0.05) is 24.9 Å². The molecule has 0 saturated carbocycles. The number of nitrogens with one attached hydrogen (secondary N) is 1. The van der Waals surface area contributed by atoms with Crippen LogP contribution in [0.2, 0.25) is 5.02 Å². The number of aryl methyl sites for hydroxylation is 1. The van der Waals surface area contributed by atoms with Crippen molar-refractivity contribution < 1.29 is 0 Å². The van der Waals surface area contributed by atoms with Gasteiger partial charge in [0.1, 0.15) is 0 Å². The minimum absolute atomic E-state index is 0.489. The van der Waals surface area contributed by atoms with E-state index in [-0.39, 0.29) is 0 Å². The van der Waals surface area contributed by atoms with Gasteiger partial charge in [-0.2, -0.15) is 0 Å². The second-order valence-electron chi connectivity index (χ2n) is 5.45. The van der Waals surface area contributed by atoms with Crippen molar-refractivity contribution in [3.8, 4) is 0 Å². The highest BCUT2D eigenvalue weighted by Crippen LogP contribution is 2.34. The average molecular weight is 346 g/mol. The summed E-state index contributed by atoms with van der Waals surface area (Å²) in [6.07, 6.45) is 2.44. The molecule has 1 aliphatic heterocycles. The number of benzene rings is 1. The van der Waals surface area contributed by atoms with Gasteiger partial charge in [-0.25, -0.2) is 0 Å². The van der Waals surface area contributed by atoms with Crippen molar-refractivity contribution in [2.24, 2.45) is 0 Å². The third kappa shape index (κ3) is 3.45. The molecule has 2 unspecified atom stereocenters. The minimum Gasteiger partial charge on any atom is -0.365 e. The SMILES string of the molecule is CCCC1CN(c2cc(Cl)c(C)cc2Br)C(C)CN1. The Labute approximate surface area is 129 Å². The van der Waals surface area contributed by atoms with E-state index in [0.29, 0.717) is 12.1 Å². The molecular weight excluding hydrogens is 324 g/mol. The summed E-state index contributed by atoms with van der Waals surface area (Å²) in [5.74, 6) is 0. The van der Waals surface area contributed by atoms with Crippen LogP contribution in [-0.2, 0) is 0 Å². The van der Waals surface area contributed by atoms with Crippen molar-refractivity contribution >= 4 is 33.2 Å². The summed E-state index contributed by atoms with van der Waals surface area (Å²) in [4.78, 5) is 2.46. The van der Waals surface area contributed by atoms with Crippen LogP contribution < -0.4 is 10.2 Å². The molecule has 0 aromatic heterocycles. The first kappa shape index (κ1) is 15.1. The van der Waals surface area contributed by atoms with Gasteiger partial charge in [0.15, 0.2) is 0 Å². The van der Waals surface area contributed by atoms with E-state index in [1.54, 1.807) is 0 Å². The molecule has 0 bridgehead atoms. The van der Waals surface area contributed by atoms with E-state index >= 15 is 0 Å². The molecule has 2 nitrogen and oxygen atoms in total.